The molecule has 5 nitrogen and oxygen atoms in total. The molecule has 0 radical (unpaired) electrons. The second-order valence-electron chi connectivity index (χ2n) is 6.36. The molecule has 2 fully saturated rings. The Bertz CT molecular complexity index is 725. The standard InChI is InChI=1S/C18H21N3O2/c22-18-17(19-9-10-21(18)15-6-7-15)20-14-8-11-23-16(12-14)13-4-2-1-3-5-13/h1-5,9-10,14-16H,6-8,11-12H2,(H,19,20). The van der Waals surface area contributed by atoms with E-state index in [0.717, 1.165) is 25.7 Å². The van der Waals surface area contributed by atoms with Crippen LogP contribution < -0.4 is 10.9 Å². The fourth-order valence-corrected chi connectivity index (χ4v) is 3.19. The lowest BCUT2D eigenvalue weighted by Crippen LogP contribution is -2.34. The second-order valence-corrected chi connectivity index (χ2v) is 6.36. The van der Waals surface area contributed by atoms with E-state index < -0.39 is 0 Å². The number of hydrogen-bond acceptors (Lipinski definition) is 4. The topological polar surface area (TPSA) is 56.1 Å². The average Bonchev–Trinajstić information content (AvgIpc) is 3.43. The summed E-state index contributed by atoms with van der Waals surface area (Å²) in [5.74, 6) is 0.470. The Morgan fingerprint density at radius 2 is 2.00 bits per heavy atom. The Morgan fingerprint density at radius 1 is 1.17 bits per heavy atom. The predicted octanol–water partition coefficient (Wildman–Crippen LogP) is 2.91. The van der Waals surface area contributed by atoms with Crippen LogP contribution in [-0.2, 0) is 4.74 Å². The number of rotatable bonds is 4. The summed E-state index contributed by atoms with van der Waals surface area (Å²) in [4.78, 5) is 16.7. The Balaban J connectivity index is 1.49. The van der Waals surface area contributed by atoms with Gasteiger partial charge in [0.2, 0.25) is 0 Å². The summed E-state index contributed by atoms with van der Waals surface area (Å²) in [5, 5.41) is 3.35. The van der Waals surface area contributed by atoms with Gasteiger partial charge >= 0.3 is 0 Å². The zero-order chi connectivity index (χ0) is 15.6. The summed E-state index contributed by atoms with van der Waals surface area (Å²) in [7, 11) is 0. The quantitative estimate of drug-likeness (QED) is 0.943. The van der Waals surface area contributed by atoms with Crippen molar-refractivity contribution in [2.24, 2.45) is 0 Å². The number of hydrogen-bond donors (Lipinski definition) is 1. The molecule has 2 heterocycles. The van der Waals surface area contributed by atoms with E-state index in [1.165, 1.54) is 5.56 Å². The maximum Gasteiger partial charge on any atom is 0.293 e. The summed E-state index contributed by atoms with van der Waals surface area (Å²) in [5.41, 5.74) is 1.19. The smallest absolute Gasteiger partial charge is 0.293 e. The summed E-state index contributed by atoms with van der Waals surface area (Å²) in [6.45, 7) is 0.695. The molecule has 1 saturated heterocycles. The second kappa shape index (κ2) is 6.16. The molecule has 1 aliphatic carbocycles. The van der Waals surface area contributed by atoms with Gasteiger partial charge in [-0.2, -0.15) is 0 Å². The number of nitrogens with one attached hydrogen (secondary N) is 1. The van der Waals surface area contributed by atoms with Crippen molar-refractivity contribution in [3.8, 4) is 0 Å². The molecule has 23 heavy (non-hydrogen) atoms. The molecule has 1 N–H and O–H groups in total. The molecule has 1 aromatic carbocycles. The summed E-state index contributed by atoms with van der Waals surface area (Å²) in [6.07, 6.45) is 7.52. The zero-order valence-electron chi connectivity index (χ0n) is 13.0. The first-order valence-electron chi connectivity index (χ1n) is 8.31. The van der Waals surface area contributed by atoms with E-state index in [1.54, 1.807) is 12.4 Å². The fraction of sp³-hybridized carbons (Fsp3) is 0.444. The van der Waals surface area contributed by atoms with Crippen LogP contribution in [0.15, 0.2) is 47.5 Å². The van der Waals surface area contributed by atoms with Crippen LogP contribution in [0.3, 0.4) is 0 Å². The molecule has 0 amide bonds. The third-order valence-corrected chi connectivity index (χ3v) is 4.60. The zero-order valence-corrected chi connectivity index (χ0v) is 13.0. The SMILES string of the molecule is O=c1c(NC2CCOC(c3ccccc3)C2)nccn1C1CC1. The summed E-state index contributed by atoms with van der Waals surface area (Å²) < 4.78 is 7.70. The molecular formula is C18H21N3O2. The third-order valence-electron chi connectivity index (χ3n) is 4.60. The first-order valence-corrected chi connectivity index (χ1v) is 8.31. The largest absolute Gasteiger partial charge is 0.373 e. The lowest BCUT2D eigenvalue weighted by atomic mass is 9.97. The molecule has 1 aromatic heterocycles. The van der Waals surface area contributed by atoms with Gasteiger partial charge in [0.05, 0.1) is 6.10 Å². The molecular weight excluding hydrogens is 290 g/mol. The molecule has 2 aliphatic rings. The van der Waals surface area contributed by atoms with Crippen molar-refractivity contribution >= 4 is 5.82 Å². The highest BCUT2D eigenvalue weighted by Gasteiger charge is 2.27. The molecule has 4 rings (SSSR count). The Labute approximate surface area is 135 Å². The van der Waals surface area contributed by atoms with Gasteiger partial charge in [0.25, 0.3) is 5.56 Å². The van der Waals surface area contributed by atoms with Crippen molar-refractivity contribution in [3.63, 3.8) is 0 Å². The first-order chi connectivity index (χ1) is 11.3. The highest BCUT2D eigenvalue weighted by atomic mass is 16.5. The molecule has 2 aromatic rings. The van der Waals surface area contributed by atoms with Crippen LogP contribution in [0.4, 0.5) is 5.82 Å². The van der Waals surface area contributed by atoms with Crippen LogP contribution in [0.1, 0.15) is 43.4 Å². The van der Waals surface area contributed by atoms with E-state index in [9.17, 15) is 4.79 Å². The highest BCUT2D eigenvalue weighted by Crippen LogP contribution is 2.33. The number of aromatic nitrogens is 2. The number of benzene rings is 1. The van der Waals surface area contributed by atoms with Crippen LogP contribution >= 0.6 is 0 Å². The van der Waals surface area contributed by atoms with Crippen LogP contribution in [0.25, 0.3) is 0 Å². The van der Waals surface area contributed by atoms with E-state index in [2.05, 4.69) is 22.4 Å². The van der Waals surface area contributed by atoms with E-state index in [1.807, 2.05) is 22.8 Å². The van der Waals surface area contributed by atoms with Gasteiger partial charge in [-0.25, -0.2) is 4.98 Å². The van der Waals surface area contributed by atoms with Gasteiger partial charge in [0.15, 0.2) is 5.82 Å². The van der Waals surface area contributed by atoms with Crippen molar-refractivity contribution in [2.75, 3.05) is 11.9 Å². The lowest BCUT2D eigenvalue weighted by Gasteiger charge is -2.30. The van der Waals surface area contributed by atoms with E-state index >= 15 is 0 Å². The van der Waals surface area contributed by atoms with E-state index in [4.69, 9.17) is 4.74 Å². The monoisotopic (exact) mass is 311 g/mol. The maximum absolute atomic E-state index is 12.5. The minimum absolute atomic E-state index is 0.00208. The normalized spacial score (nSPS) is 24.3. The van der Waals surface area contributed by atoms with Gasteiger partial charge in [-0.1, -0.05) is 30.3 Å². The van der Waals surface area contributed by atoms with E-state index in [-0.39, 0.29) is 17.7 Å². The van der Waals surface area contributed by atoms with Gasteiger partial charge in [-0.05, 0) is 31.2 Å². The van der Waals surface area contributed by atoms with Crippen LogP contribution in [0.2, 0.25) is 0 Å². The van der Waals surface area contributed by atoms with Gasteiger partial charge in [-0.3, -0.25) is 4.79 Å². The third kappa shape index (κ3) is 3.15. The molecule has 120 valence electrons. The molecule has 2 atom stereocenters. The fourth-order valence-electron chi connectivity index (χ4n) is 3.19. The Kier molecular flexibility index (Phi) is 3.87. The average molecular weight is 311 g/mol. The molecule has 0 spiro atoms. The lowest BCUT2D eigenvalue weighted by molar-refractivity contribution is 0.00972. The van der Waals surface area contributed by atoms with Gasteiger partial charge in [-0.15, -0.1) is 0 Å². The van der Waals surface area contributed by atoms with Crippen LogP contribution in [0.5, 0.6) is 0 Å². The van der Waals surface area contributed by atoms with Crippen molar-refractivity contribution in [1.29, 1.82) is 0 Å². The Hall–Kier alpha value is -2.14. The summed E-state index contributed by atoms with van der Waals surface area (Å²) >= 11 is 0. The maximum atomic E-state index is 12.5. The first kappa shape index (κ1) is 14.5. The van der Waals surface area contributed by atoms with Gasteiger partial charge in [0.1, 0.15) is 0 Å². The summed E-state index contributed by atoms with van der Waals surface area (Å²) in [6, 6.07) is 10.8. The Morgan fingerprint density at radius 3 is 2.78 bits per heavy atom. The number of anilines is 1. The number of nitrogens with zero attached hydrogens (tertiary/aromatic N) is 2. The molecule has 5 heteroatoms. The highest BCUT2D eigenvalue weighted by molar-refractivity contribution is 5.33. The minimum Gasteiger partial charge on any atom is -0.373 e. The van der Waals surface area contributed by atoms with E-state index in [0.29, 0.717) is 18.5 Å². The minimum atomic E-state index is -0.00208. The van der Waals surface area contributed by atoms with Crippen LogP contribution in [-0.4, -0.2) is 22.2 Å². The number of ether oxygens (including phenoxy) is 1. The molecule has 0 bridgehead atoms. The van der Waals surface area contributed by atoms with Crippen molar-refractivity contribution < 1.29 is 4.74 Å². The van der Waals surface area contributed by atoms with Crippen molar-refractivity contribution in [1.82, 2.24) is 9.55 Å². The van der Waals surface area contributed by atoms with Gasteiger partial charge in [0, 0.05) is 31.1 Å². The van der Waals surface area contributed by atoms with Crippen LogP contribution in [0, 0.1) is 0 Å². The van der Waals surface area contributed by atoms with Gasteiger partial charge < -0.3 is 14.6 Å². The van der Waals surface area contributed by atoms with Crippen molar-refractivity contribution in [2.45, 2.75) is 43.9 Å². The molecule has 1 aliphatic heterocycles. The predicted molar refractivity (Wildman–Crippen MR) is 88.5 cm³/mol. The van der Waals surface area contributed by atoms with Crippen molar-refractivity contribution in [3.05, 3.63) is 58.6 Å². The molecule has 1 saturated carbocycles. The molecule has 2 unspecified atom stereocenters.